The van der Waals surface area contributed by atoms with Crippen molar-refractivity contribution in [2.24, 2.45) is 0 Å². The predicted octanol–water partition coefficient (Wildman–Crippen LogP) is 2.47. The first-order valence-electron chi connectivity index (χ1n) is 8.34. The van der Waals surface area contributed by atoms with E-state index in [0.717, 1.165) is 11.0 Å². The molecule has 0 heterocycles. The minimum Gasteiger partial charge on any atom is -0.494 e. The van der Waals surface area contributed by atoms with Crippen molar-refractivity contribution in [3.63, 3.8) is 0 Å². The number of ether oxygens (including phenoxy) is 2. The summed E-state index contributed by atoms with van der Waals surface area (Å²) in [6, 6.07) is 15.7. The summed E-state index contributed by atoms with van der Waals surface area (Å²) in [4.78, 5) is 14.0. The molecular formula is C19H22N2O5S. The molecule has 0 spiro atoms. The molecule has 144 valence electrons. The van der Waals surface area contributed by atoms with Crippen LogP contribution in [0.25, 0.3) is 6.08 Å². The van der Waals surface area contributed by atoms with Crippen LogP contribution in [0.4, 0.5) is 0 Å². The van der Waals surface area contributed by atoms with Crippen molar-refractivity contribution < 1.29 is 22.7 Å². The molecular weight excluding hydrogens is 368 g/mol. The molecule has 0 aliphatic rings. The lowest BCUT2D eigenvalue weighted by molar-refractivity contribution is -0.127. The van der Waals surface area contributed by atoms with Gasteiger partial charge < -0.3 is 9.47 Å². The number of amides is 1. The summed E-state index contributed by atoms with van der Waals surface area (Å²) in [5.41, 5.74) is 2.86. The van der Waals surface area contributed by atoms with E-state index in [1.165, 1.54) is 13.0 Å². The van der Waals surface area contributed by atoms with E-state index in [4.69, 9.17) is 9.47 Å². The van der Waals surface area contributed by atoms with Crippen molar-refractivity contribution in [2.45, 2.75) is 20.0 Å². The van der Waals surface area contributed by atoms with Gasteiger partial charge in [-0.1, -0.05) is 30.3 Å². The number of carbonyl (C=O) groups is 1. The van der Waals surface area contributed by atoms with Crippen LogP contribution in [0, 0.1) is 0 Å². The number of nitrogens with one attached hydrogen (secondary N) is 2. The Morgan fingerprint density at radius 3 is 2.33 bits per heavy atom. The first kappa shape index (κ1) is 20.5. The van der Waals surface area contributed by atoms with Gasteiger partial charge in [0.1, 0.15) is 11.5 Å². The van der Waals surface area contributed by atoms with Crippen LogP contribution in [0.15, 0.2) is 60.0 Å². The van der Waals surface area contributed by atoms with Gasteiger partial charge in [-0.25, -0.2) is 8.42 Å². The summed E-state index contributed by atoms with van der Waals surface area (Å²) in [5, 5.41) is 0.973. The van der Waals surface area contributed by atoms with E-state index in [9.17, 15) is 13.2 Å². The van der Waals surface area contributed by atoms with Gasteiger partial charge in [0.05, 0.1) is 6.61 Å². The third-order valence-corrected chi connectivity index (χ3v) is 4.25. The van der Waals surface area contributed by atoms with E-state index in [0.29, 0.717) is 18.1 Å². The minimum atomic E-state index is -3.83. The van der Waals surface area contributed by atoms with E-state index in [2.05, 4.69) is 5.43 Å². The fourth-order valence-corrected chi connectivity index (χ4v) is 2.68. The van der Waals surface area contributed by atoms with Gasteiger partial charge in [-0.15, -0.1) is 4.83 Å². The fraction of sp³-hybridized carbons (Fsp3) is 0.211. The molecule has 0 aromatic heterocycles. The van der Waals surface area contributed by atoms with Crippen molar-refractivity contribution in [1.29, 1.82) is 0 Å². The quantitative estimate of drug-likeness (QED) is 0.642. The highest BCUT2D eigenvalue weighted by Crippen LogP contribution is 2.18. The van der Waals surface area contributed by atoms with E-state index in [1.807, 2.05) is 17.8 Å². The Hall–Kier alpha value is -2.84. The fourth-order valence-electron chi connectivity index (χ4n) is 2.03. The molecule has 7 nitrogen and oxygen atoms in total. The Labute approximate surface area is 159 Å². The molecule has 0 bridgehead atoms. The highest BCUT2D eigenvalue weighted by Gasteiger charge is 2.16. The van der Waals surface area contributed by atoms with E-state index in [-0.39, 0.29) is 0 Å². The average Bonchev–Trinajstić information content (AvgIpc) is 2.67. The van der Waals surface area contributed by atoms with Crippen molar-refractivity contribution in [2.75, 3.05) is 6.61 Å². The molecule has 2 rings (SSSR count). The van der Waals surface area contributed by atoms with Gasteiger partial charge in [0.15, 0.2) is 6.10 Å². The third kappa shape index (κ3) is 7.12. The predicted molar refractivity (Wildman–Crippen MR) is 103 cm³/mol. The Kier molecular flexibility index (Phi) is 7.39. The average molecular weight is 390 g/mol. The molecule has 0 saturated carbocycles. The number of hydrogen-bond acceptors (Lipinski definition) is 5. The van der Waals surface area contributed by atoms with Crippen LogP contribution >= 0.6 is 0 Å². The van der Waals surface area contributed by atoms with Crippen LogP contribution in [0.5, 0.6) is 11.5 Å². The van der Waals surface area contributed by atoms with Gasteiger partial charge in [0, 0.05) is 5.41 Å². The molecule has 0 saturated heterocycles. The lowest BCUT2D eigenvalue weighted by Gasteiger charge is -2.15. The topological polar surface area (TPSA) is 93.7 Å². The van der Waals surface area contributed by atoms with E-state index in [1.54, 1.807) is 48.5 Å². The highest BCUT2D eigenvalue weighted by molar-refractivity contribution is 7.92. The molecule has 0 aliphatic carbocycles. The Balaban J connectivity index is 1.85. The van der Waals surface area contributed by atoms with Gasteiger partial charge in [-0.3, -0.25) is 10.2 Å². The second-order valence-corrected chi connectivity index (χ2v) is 7.08. The largest absolute Gasteiger partial charge is 0.494 e. The lowest BCUT2D eigenvalue weighted by atomic mass is 10.2. The molecule has 1 amide bonds. The molecule has 2 aromatic carbocycles. The Morgan fingerprint density at radius 2 is 1.70 bits per heavy atom. The van der Waals surface area contributed by atoms with Crippen LogP contribution in [0.3, 0.4) is 0 Å². The highest BCUT2D eigenvalue weighted by atomic mass is 32.2. The number of hydrazine groups is 1. The summed E-state index contributed by atoms with van der Waals surface area (Å²) in [6.07, 6.45) is 0.526. The molecule has 8 heteroatoms. The van der Waals surface area contributed by atoms with E-state index < -0.39 is 22.0 Å². The second kappa shape index (κ2) is 9.75. The standard InChI is InChI=1S/C19H22N2O5S/c1-3-25-17-9-11-18(12-10-17)26-15(2)19(22)20-21-27(23,24)14-13-16-7-5-4-6-8-16/h4-15,21H,3H2,1-2H3,(H,20,22)/b14-13+/t15-/m0/s1. The zero-order chi connectivity index (χ0) is 19.7. The normalized spacial score (nSPS) is 12.5. The summed E-state index contributed by atoms with van der Waals surface area (Å²) < 4.78 is 34.7. The molecule has 0 unspecified atom stereocenters. The number of carbonyl (C=O) groups excluding carboxylic acids is 1. The third-order valence-electron chi connectivity index (χ3n) is 3.37. The second-order valence-electron chi connectivity index (χ2n) is 5.51. The molecule has 0 radical (unpaired) electrons. The molecule has 0 aliphatic heterocycles. The zero-order valence-corrected chi connectivity index (χ0v) is 15.9. The van der Waals surface area contributed by atoms with E-state index >= 15 is 0 Å². The first-order valence-corrected chi connectivity index (χ1v) is 9.88. The van der Waals surface area contributed by atoms with Gasteiger partial charge >= 0.3 is 0 Å². The smallest absolute Gasteiger partial charge is 0.275 e. The molecule has 1 atom stereocenters. The molecule has 27 heavy (non-hydrogen) atoms. The van der Waals surface area contributed by atoms with Crippen molar-refractivity contribution >= 4 is 22.0 Å². The number of hydrogen-bond donors (Lipinski definition) is 2. The molecule has 2 N–H and O–H groups in total. The first-order chi connectivity index (χ1) is 12.9. The van der Waals surface area contributed by atoms with Crippen LogP contribution < -0.4 is 19.7 Å². The Morgan fingerprint density at radius 1 is 1.07 bits per heavy atom. The maximum atomic E-state index is 12.0. The van der Waals surface area contributed by atoms with Crippen molar-refractivity contribution in [3.8, 4) is 11.5 Å². The van der Waals surface area contributed by atoms with Crippen LogP contribution in [-0.2, 0) is 14.8 Å². The van der Waals surface area contributed by atoms with Gasteiger partial charge in [-0.2, -0.15) is 0 Å². The summed E-state index contributed by atoms with van der Waals surface area (Å²) in [7, 11) is -3.83. The van der Waals surface area contributed by atoms with Crippen LogP contribution in [0.2, 0.25) is 0 Å². The van der Waals surface area contributed by atoms with Gasteiger partial charge in [-0.05, 0) is 49.8 Å². The molecule has 0 fully saturated rings. The van der Waals surface area contributed by atoms with Crippen molar-refractivity contribution in [3.05, 3.63) is 65.6 Å². The number of rotatable bonds is 9. The lowest BCUT2D eigenvalue weighted by Crippen LogP contribution is -2.46. The van der Waals surface area contributed by atoms with Crippen molar-refractivity contribution in [1.82, 2.24) is 10.3 Å². The number of sulfonamides is 1. The minimum absolute atomic E-state index is 0.466. The number of benzene rings is 2. The summed E-state index contributed by atoms with van der Waals surface area (Å²) in [6.45, 7) is 3.95. The maximum Gasteiger partial charge on any atom is 0.275 e. The maximum absolute atomic E-state index is 12.0. The Bertz CT molecular complexity index is 865. The summed E-state index contributed by atoms with van der Waals surface area (Å²) >= 11 is 0. The van der Waals surface area contributed by atoms with Gasteiger partial charge in [0.2, 0.25) is 0 Å². The van der Waals surface area contributed by atoms with Crippen LogP contribution in [0.1, 0.15) is 19.4 Å². The zero-order valence-electron chi connectivity index (χ0n) is 15.1. The molecule has 2 aromatic rings. The monoisotopic (exact) mass is 390 g/mol. The summed E-state index contributed by atoms with van der Waals surface area (Å²) in [5.74, 6) is 0.536. The van der Waals surface area contributed by atoms with Gasteiger partial charge in [0.25, 0.3) is 15.9 Å². The van der Waals surface area contributed by atoms with Crippen LogP contribution in [-0.4, -0.2) is 27.0 Å². The SMILES string of the molecule is CCOc1ccc(O[C@@H](C)C(=O)NNS(=O)(=O)/C=C/c2ccccc2)cc1.